The van der Waals surface area contributed by atoms with Gasteiger partial charge in [0.15, 0.2) is 0 Å². The number of benzene rings is 1. The van der Waals surface area contributed by atoms with E-state index in [1.165, 1.54) is 29.7 Å². The molecule has 106 valence electrons. The van der Waals surface area contributed by atoms with Crippen LogP contribution in [0.4, 0.5) is 5.69 Å². The van der Waals surface area contributed by atoms with Gasteiger partial charge in [-0.15, -0.1) is 0 Å². The molecule has 0 bridgehead atoms. The highest BCUT2D eigenvalue weighted by atomic mass is 15.2. The van der Waals surface area contributed by atoms with E-state index in [-0.39, 0.29) is 0 Å². The minimum atomic E-state index is 0.920. The fourth-order valence-electron chi connectivity index (χ4n) is 2.76. The Balaban J connectivity index is 1.53. The fraction of sp³-hybridized carbons (Fsp3) is 0.438. The van der Waals surface area contributed by atoms with E-state index < -0.39 is 0 Å². The second kappa shape index (κ2) is 6.09. The lowest BCUT2D eigenvalue weighted by molar-refractivity contribution is 0.664. The van der Waals surface area contributed by atoms with E-state index in [9.17, 15) is 0 Å². The zero-order chi connectivity index (χ0) is 13.8. The molecule has 0 fully saturated rings. The lowest BCUT2D eigenvalue weighted by atomic mass is 9.99. The van der Waals surface area contributed by atoms with E-state index >= 15 is 0 Å². The number of nitrogens with zero attached hydrogens (tertiary/aromatic N) is 2. The van der Waals surface area contributed by atoms with Gasteiger partial charge in [0.05, 0.1) is 5.69 Å². The van der Waals surface area contributed by atoms with Crippen molar-refractivity contribution in [1.29, 1.82) is 0 Å². The normalized spacial score (nSPS) is 13.8. The van der Waals surface area contributed by atoms with E-state index in [0.29, 0.717) is 0 Å². The van der Waals surface area contributed by atoms with Gasteiger partial charge >= 0.3 is 0 Å². The summed E-state index contributed by atoms with van der Waals surface area (Å²) >= 11 is 0. The largest absolute Gasteiger partial charge is 0.385 e. The molecule has 0 radical (unpaired) electrons. The Labute approximate surface area is 120 Å². The molecule has 0 saturated carbocycles. The fourth-order valence-corrected chi connectivity index (χ4v) is 2.76. The highest BCUT2D eigenvalue weighted by molar-refractivity contribution is 5.59. The Morgan fingerprint density at radius 3 is 3.15 bits per heavy atom. The average Bonchev–Trinajstić information content (AvgIpc) is 2.89. The molecule has 0 atom stereocenters. The molecule has 1 aliphatic rings. The predicted octanol–water partition coefficient (Wildman–Crippen LogP) is 2.11. The van der Waals surface area contributed by atoms with Crippen LogP contribution in [0.25, 0.3) is 0 Å². The van der Waals surface area contributed by atoms with Crippen molar-refractivity contribution >= 4 is 5.69 Å². The number of hydrogen-bond donors (Lipinski definition) is 2. The molecule has 0 saturated heterocycles. The van der Waals surface area contributed by atoms with Crippen LogP contribution in [0, 0.1) is 0 Å². The standard InChI is InChI=1S/C16H22N4/c1-20-11-8-15(19-20)7-10-17-12-14-5-2-4-13-6-3-9-18-16(13)14/h2,4-5,8,11,17-18H,3,6-7,9-10,12H2,1H3. The molecule has 0 spiro atoms. The van der Waals surface area contributed by atoms with Crippen molar-refractivity contribution in [2.24, 2.45) is 7.05 Å². The molecule has 2 N–H and O–H groups in total. The number of nitrogens with one attached hydrogen (secondary N) is 2. The highest BCUT2D eigenvalue weighted by Crippen LogP contribution is 2.25. The van der Waals surface area contributed by atoms with Gasteiger partial charge in [0.2, 0.25) is 0 Å². The van der Waals surface area contributed by atoms with Crippen molar-refractivity contribution in [3.63, 3.8) is 0 Å². The van der Waals surface area contributed by atoms with E-state index in [4.69, 9.17) is 0 Å². The molecule has 1 aliphatic heterocycles. The van der Waals surface area contributed by atoms with Crippen LogP contribution in [0.1, 0.15) is 23.2 Å². The minimum absolute atomic E-state index is 0.920. The van der Waals surface area contributed by atoms with Gasteiger partial charge in [0.25, 0.3) is 0 Å². The van der Waals surface area contributed by atoms with Crippen LogP contribution in [-0.2, 0) is 26.4 Å². The Bertz CT molecular complexity index is 574. The Morgan fingerprint density at radius 1 is 1.35 bits per heavy atom. The van der Waals surface area contributed by atoms with Crippen molar-refractivity contribution in [2.75, 3.05) is 18.4 Å². The quantitative estimate of drug-likeness (QED) is 0.818. The van der Waals surface area contributed by atoms with Crippen LogP contribution in [-0.4, -0.2) is 22.9 Å². The molecule has 0 amide bonds. The lowest BCUT2D eigenvalue weighted by Gasteiger charge is -2.21. The summed E-state index contributed by atoms with van der Waals surface area (Å²) < 4.78 is 1.85. The number of hydrogen-bond acceptors (Lipinski definition) is 3. The van der Waals surface area contributed by atoms with Gasteiger partial charge in [-0.2, -0.15) is 5.10 Å². The van der Waals surface area contributed by atoms with E-state index in [0.717, 1.165) is 31.7 Å². The zero-order valence-corrected chi connectivity index (χ0v) is 12.0. The van der Waals surface area contributed by atoms with Crippen molar-refractivity contribution in [1.82, 2.24) is 15.1 Å². The summed E-state index contributed by atoms with van der Waals surface area (Å²) in [6.07, 6.45) is 5.41. The summed E-state index contributed by atoms with van der Waals surface area (Å²) in [5.74, 6) is 0. The number of anilines is 1. The van der Waals surface area contributed by atoms with E-state index in [1.807, 2.05) is 17.9 Å². The van der Waals surface area contributed by atoms with E-state index in [2.05, 4.69) is 40.0 Å². The van der Waals surface area contributed by atoms with Gasteiger partial charge in [-0.05, 0) is 30.0 Å². The van der Waals surface area contributed by atoms with Crippen LogP contribution in [0.15, 0.2) is 30.5 Å². The maximum Gasteiger partial charge on any atom is 0.0637 e. The number of rotatable bonds is 5. The van der Waals surface area contributed by atoms with Gasteiger partial charge in [-0.1, -0.05) is 18.2 Å². The third-order valence-electron chi connectivity index (χ3n) is 3.80. The molecule has 0 unspecified atom stereocenters. The zero-order valence-electron chi connectivity index (χ0n) is 12.0. The molecule has 2 heterocycles. The van der Waals surface area contributed by atoms with Gasteiger partial charge in [-0.25, -0.2) is 0 Å². The summed E-state index contributed by atoms with van der Waals surface area (Å²) in [5.41, 5.74) is 5.33. The summed E-state index contributed by atoms with van der Waals surface area (Å²) in [6, 6.07) is 8.69. The molecule has 4 nitrogen and oxygen atoms in total. The summed E-state index contributed by atoms with van der Waals surface area (Å²) in [6.45, 7) is 2.97. The first-order chi connectivity index (χ1) is 9.83. The first kappa shape index (κ1) is 13.2. The van der Waals surface area contributed by atoms with Crippen LogP contribution >= 0.6 is 0 Å². The second-order valence-corrected chi connectivity index (χ2v) is 5.39. The smallest absolute Gasteiger partial charge is 0.0637 e. The molecule has 0 aliphatic carbocycles. The highest BCUT2D eigenvalue weighted by Gasteiger charge is 2.11. The van der Waals surface area contributed by atoms with Gasteiger partial charge in [0, 0.05) is 45.0 Å². The second-order valence-electron chi connectivity index (χ2n) is 5.39. The first-order valence-corrected chi connectivity index (χ1v) is 7.37. The van der Waals surface area contributed by atoms with Gasteiger partial charge in [0.1, 0.15) is 0 Å². The number of aryl methyl sites for hydroxylation is 2. The maximum atomic E-state index is 4.39. The summed E-state index contributed by atoms with van der Waals surface area (Å²) in [5, 5.41) is 11.4. The maximum absolute atomic E-state index is 4.39. The number of para-hydroxylation sites is 1. The molecular weight excluding hydrogens is 248 g/mol. The molecule has 20 heavy (non-hydrogen) atoms. The average molecular weight is 270 g/mol. The van der Waals surface area contributed by atoms with Crippen molar-refractivity contribution in [3.8, 4) is 0 Å². The van der Waals surface area contributed by atoms with Gasteiger partial charge < -0.3 is 10.6 Å². The van der Waals surface area contributed by atoms with Crippen molar-refractivity contribution in [2.45, 2.75) is 25.8 Å². The number of aromatic nitrogens is 2. The summed E-state index contributed by atoms with van der Waals surface area (Å²) in [4.78, 5) is 0. The third-order valence-corrected chi connectivity index (χ3v) is 3.80. The van der Waals surface area contributed by atoms with Crippen molar-refractivity contribution in [3.05, 3.63) is 47.3 Å². The molecule has 1 aromatic heterocycles. The van der Waals surface area contributed by atoms with Gasteiger partial charge in [-0.3, -0.25) is 4.68 Å². The Morgan fingerprint density at radius 2 is 2.30 bits per heavy atom. The SMILES string of the molecule is Cn1ccc(CCNCc2cccc3c2NCCC3)n1. The van der Waals surface area contributed by atoms with Crippen LogP contribution in [0.5, 0.6) is 0 Å². The first-order valence-electron chi connectivity index (χ1n) is 7.37. The third kappa shape index (κ3) is 3.02. The minimum Gasteiger partial charge on any atom is -0.385 e. The summed E-state index contributed by atoms with van der Waals surface area (Å²) in [7, 11) is 1.96. The number of fused-ring (bicyclic) bond motifs is 1. The molecule has 2 aromatic rings. The molecule has 4 heteroatoms. The monoisotopic (exact) mass is 270 g/mol. The Hall–Kier alpha value is -1.81. The molecule has 1 aromatic carbocycles. The van der Waals surface area contributed by atoms with Crippen LogP contribution in [0.2, 0.25) is 0 Å². The topological polar surface area (TPSA) is 41.9 Å². The molecule has 3 rings (SSSR count). The van der Waals surface area contributed by atoms with Crippen LogP contribution < -0.4 is 10.6 Å². The van der Waals surface area contributed by atoms with Crippen molar-refractivity contribution < 1.29 is 0 Å². The molecular formula is C16H22N4. The van der Waals surface area contributed by atoms with E-state index in [1.54, 1.807) is 0 Å². The van der Waals surface area contributed by atoms with Crippen LogP contribution in [0.3, 0.4) is 0 Å². The predicted molar refractivity (Wildman–Crippen MR) is 81.9 cm³/mol. The lowest BCUT2D eigenvalue weighted by Crippen LogP contribution is -2.20. The Kier molecular flexibility index (Phi) is 4.02.